The number of rotatable bonds is 3. The van der Waals surface area contributed by atoms with Crippen LogP contribution in [0.5, 0.6) is 0 Å². The second kappa shape index (κ2) is 5.87. The maximum atomic E-state index is 12.3. The van der Waals surface area contributed by atoms with Crippen LogP contribution in [0.4, 0.5) is 0 Å². The Bertz CT molecular complexity index is 467. The summed E-state index contributed by atoms with van der Waals surface area (Å²) in [6, 6.07) is 0. The van der Waals surface area contributed by atoms with Gasteiger partial charge in [-0.1, -0.05) is 6.58 Å². The molecule has 0 saturated heterocycles. The Kier molecular flexibility index (Phi) is 4.68. The van der Waals surface area contributed by atoms with Gasteiger partial charge in [0.1, 0.15) is 11.7 Å². The first-order valence-electron chi connectivity index (χ1n) is 7.06. The lowest BCUT2D eigenvalue weighted by Crippen LogP contribution is -2.43. The van der Waals surface area contributed by atoms with Gasteiger partial charge in [-0.25, -0.2) is 4.79 Å². The number of aliphatic hydroxyl groups excluding tert-OH is 1. The Hall–Kier alpha value is -0.630. The summed E-state index contributed by atoms with van der Waals surface area (Å²) in [5.74, 6) is -1.28. The molecule has 2 aliphatic carbocycles. The number of fused-ring (bicyclic) bond motifs is 2. The molecule has 0 aromatic rings. The smallest absolute Gasteiger partial charge is 0.344 e. The summed E-state index contributed by atoms with van der Waals surface area (Å²) in [4.78, 5) is 23.9. The minimum atomic E-state index is -0.701. The average Bonchev–Trinajstić information content (AvgIpc) is 2.87. The van der Waals surface area contributed by atoms with Gasteiger partial charge >= 0.3 is 11.9 Å². The lowest BCUT2D eigenvalue weighted by molar-refractivity contribution is -0.171. The molecule has 2 aliphatic rings. The van der Waals surface area contributed by atoms with Crippen LogP contribution in [-0.2, 0) is 19.1 Å². The number of carbonyl (C=O) groups is 2. The van der Waals surface area contributed by atoms with E-state index in [0.717, 1.165) is 0 Å². The van der Waals surface area contributed by atoms with E-state index < -0.39 is 23.8 Å². The van der Waals surface area contributed by atoms with E-state index in [1.54, 1.807) is 22.6 Å². The molecule has 2 rings (SSSR count). The monoisotopic (exact) mass is 408 g/mol. The second-order valence-electron chi connectivity index (χ2n) is 6.80. The molecule has 0 radical (unpaired) electrons. The van der Waals surface area contributed by atoms with Crippen LogP contribution in [0.3, 0.4) is 0 Å². The zero-order chi connectivity index (χ0) is 15.9. The molecule has 0 amide bonds. The van der Waals surface area contributed by atoms with E-state index in [1.807, 2.05) is 20.8 Å². The first-order valence-corrected chi connectivity index (χ1v) is 8.14. The van der Waals surface area contributed by atoms with Crippen molar-refractivity contribution in [2.75, 3.05) is 0 Å². The Morgan fingerprint density at radius 1 is 1.29 bits per heavy atom. The van der Waals surface area contributed by atoms with E-state index in [1.165, 1.54) is 0 Å². The molecule has 6 heteroatoms. The summed E-state index contributed by atoms with van der Waals surface area (Å²) >= 11 is 1.79. The average molecular weight is 408 g/mol. The standard InChI is InChI=1S/C15H21IO5/c1-7(16)13(18)20-12-9-5-8(11(12)17)6-10(9)14(19)21-15(2,3)4/h8-12,17H,1,5-6H2,2-4H3. The summed E-state index contributed by atoms with van der Waals surface area (Å²) in [5, 5.41) is 10.2. The summed E-state index contributed by atoms with van der Waals surface area (Å²) in [5.41, 5.74) is -0.541. The lowest BCUT2D eigenvalue weighted by atomic mass is 9.85. The highest BCUT2D eigenvalue weighted by atomic mass is 127. The van der Waals surface area contributed by atoms with E-state index in [-0.39, 0.29) is 27.3 Å². The number of halogens is 1. The van der Waals surface area contributed by atoms with Crippen LogP contribution < -0.4 is 0 Å². The summed E-state index contributed by atoms with van der Waals surface area (Å²) in [7, 11) is 0. The van der Waals surface area contributed by atoms with Gasteiger partial charge < -0.3 is 14.6 Å². The first-order chi connectivity index (χ1) is 9.60. The molecule has 0 aromatic heterocycles. The fourth-order valence-corrected chi connectivity index (χ4v) is 3.39. The van der Waals surface area contributed by atoms with E-state index in [9.17, 15) is 14.7 Å². The Morgan fingerprint density at radius 2 is 1.90 bits per heavy atom. The number of aliphatic hydroxyl groups is 1. The molecule has 2 saturated carbocycles. The second-order valence-corrected chi connectivity index (χ2v) is 8.10. The van der Waals surface area contributed by atoms with Crippen molar-refractivity contribution in [3.8, 4) is 0 Å². The highest BCUT2D eigenvalue weighted by molar-refractivity contribution is 14.1. The first kappa shape index (κ1) is 16.7. The number of hydrogen-bond donors (Lipinski definition) is 1. The summed E-state index contributed by atoms with van der Waals surface area (Å²) < 4.78 is 11.0. The molecule has 5 nitrogen and oxygen atoms in total. The maximum absolute atomic E-state index is 12.3. The number of hydrogen-bond acceptors (Lipinski definition) is 5. The highest BCUT2D eigenvalue weighted by Crippen LogP contribution is 2.50. The van der Waals surface area contributed by atoms with Gasteiger partial charge in [0.2, 0.25) is 0 Å². The van der Waals surface area contributed by atoms with Gasteiger partial charge in [0.15, 0.2) is 0 Å². The van der Waals surface area contributed by atoms with Crippen LogP contribution in [0.25, 0.3) is 0 Å². The highest BCUT2D eigenvalue weighted by Gasteiger charge is 2.57. The van der Waals surface area contributed by atoms with Gasteiger partial charge in [-0.2, -0.15) is 0 Å². The van der Waals surface area contributed by atoms with Gasteiger partial charge in [0.05, 0.1) is 15.6 Å². The number of carbonyl (C=O) groups excluding carboxylic acids is 2. The fraction of sp³-hybridized carbons (Fsp3) is 0.733. The fourth-order valence-electron chi connectivity index (χ4n) is 3.27. The number of ether oxygens (including phenoxy) is 2. The van der Waals surface area contributed by atoms with Gasteiger partial charge in [0.25, 0.3) is 0 Å². The van der Waals surface area contributed by atoms with Gasteiger partial charge in [0, 0.05) is 5.92 Å². The quantitative estimate of drug-likeness (QED) is 0.441. The zero-order valence-corrected chi connectivity index (χ0v) is 14.6. The third-order valence-corrected chi connectivity index (χ3v) is 4.50. The number of esters is 2. The molecule has 21 heavy (non-hydrogen) atoms. The molecule has 0 spiro atoms. The van der Waals surface area contributed by atoms with Crippen LogP contribution in [0, 0.1) is 17.8 Å². The van der Waals surface area contributed by atoms with Crippen LogP contribution in [0.15, 0.2) is 10.2 Å². The topological polar surface area (TPSA) is 72.8 Å². The van der Waals surface area contributed by atoms with Crippen molar-refractivity contribution < 1.29 is 24.2 Å². The van der Waals surface area contributed by atoms with Gasteiger partial charge in [-0.15, -0.1) is 0 Å². The normalized spacial score (nSPS) is 34.6. The van der Waals surface area contributed by atoms with E-state index in [4.69, 9.17) is 9.47 Å². The van der Waals surface area contributed by atoms with Crippen molar-refractivity contribution >= 4 is 34.5 Å². The molecule has 0 heterocycles. The van der Waals surface area contributed by atoms with Crippen LogP contribution >= 0.6 is 22.6 Å². The van der Waals surface area contributed by atoms with E-state index in [2.05, 4.69) is 6.58 Å². The third-order valence-electron chi connectivity index (χ3n) is 4.06. The van der Waals surface area contributed by atoms with Crippen molar-refractivity contribution in [2.45, 2.75) is 51.4 Å². The van der Waals surface area contributed by atoms with Crippen molar-refractivity contribution in [1.82, 2.24) is 0 Å². The molecule has 5 unspecified atom stereocenters. The minimum Gasteiger partial charge on any atom is -0.460 e. The van der Waals surface area contributed by atoms with E-state index in [0.29, 0.717) is 12.8 Å². The van der Waals surface area contributed by atoms with Crippen molar-refractivity contribution in [3.63, 3.8) is 0 Å². The predicted molar refractivity (Wildman–Crippen MR) is 84.6 cm³/mol. The molecule has 2 bridgehead atoms. The Morgan fingerprint density at radius 3 is 2.38 bits per heavy atom. The van der Waals surface area contributed by atoms with Crippen molar-refractivity contribution in [2.24, 2.45) is 17.8 Å². The molecule has 0 aliphatic heterocycles. The predicted octanol–water partition coefficient (Wildman–Crippen LogP) is 2.21. The Labute approximate surface area is 138 Å². The molecule has 118 valence electrons. The summed E-state index contributed by atoms with van der Waals surface area (Å²) in [6.07, 6.45) is -0.0508. The van der Waals surface area contributed by atoms with Crippen molar-refractivity contribution in [1.29, 1.82) is 0 Å². The van der Waals surface area contributed by atoms with Gasteiger partial charge in [-0.3, -0.25) is 4.79 Å². The van der Waals surface area contributed by atoms with E-state index >= 15 is 0 Å². The molecular formula is C15H21IO5. The van der Waals surface area contributed by atoms with Crippen LogP contribution in [0.2, 0.25) is 0 Å². The molecule has 0 aromatic carbocycles. The van der Waals surface area contributed by atoms with Crippen LogP contribution in [0.1, 0.15) is 33.6 Å². The Balaban J connectivity index is 2.07. The maximum Gasteiger partial charge on any atom is 0.344 e. The van der Waals surface area contributed by atoms with Gasteiger partial charge in [-0.05, 0) is 62.1 Å². The molecule has 5 atom stereocenters. The minimum absolute atomic E-state index is 0.00667. The molecule has 2 fully saturated rings. The summed E-state index contributed by atoms with van der Waals surface area (Å²) in [6.45, 7) is 9.00. The molecule has 1 N–H and O–H groups in total. The SMILES string of the molecule is C=C(I)C(=O)OC1C(O)C2CC(C(=O)OC(C)(C)C)C1C2. The largest absolute Gasteiger partial charge is 0.460 e. The van der Waals surface area contributed by atoms with Crippen molar-refractivity contribution in [3.05, 3.63) is 10.2 Å². The lowest BCUT2D eigenvalue weighted by Gasteiger charge is -2.33. The van der Waals surface area contributed by atoms with Crippen LogP contribution in [-0.4, -0.2) is 34.9 Å². The third kappa shape index (κ3) is 3.59. The zero-order valence-electron chi connectivity index (χ0n) is 12.5. The molecular weight excluding hydrogens is 387 g/mol.